The Morgan fingerprint density at radius 1 is 0.680 bits per heavy atom. The molecule has 0 unspecified atom stereocenters. The number of benzene rings is 2. The molecule has 0 saturated heterocycles. The molecule has 0 radical (unpaired) electrons. The van der Waals surface area contributed by atoms with Gasteiger partial charge >= 0.3 is 17.9 Å². The Morgan fingerprint density at radius 2 is 1.20 bits per heavy atom. The average Bonchev–Trinajstić information content (AvgIpc) is 2.66. The Kier molecular flexibility index (Phi) is 6.06. The quantitative estimate of drug-likeness (QED) is 0.273. The second kappa shape index (κ2) is 8.44. The van der Waals surface area contributed by atoms with Crippen molar-refractivity contribution in [3.63, 3.8) is 0 Å². The Balaban J connectivity index is 2.58. The molecule has 2 aromatic rings. The van der Waals surface area contributed by atoms with Crippen LogP contribution in [0.3, 0.4) is 0 Å². The van der Waals surface area contributed by atoms with E-state index in [1.807, 2.05) is 0 Å². The van der Waals surface area contributed by atoms with Crippen LogP contribution in [-0.4, -0.2) is 32.1 Å². The molecular weight excluding hydrogens is 324 g/mol. The van der Waals surface area contributed by atoms with Crippen molar-refractivity contribution < 1.29 is 28.6 Å². The minimum atomic E-state index is -1.01. The van der Waals surface area contributed by atoms with E-state index >= 15 is 0 Å². The van der Waals surface area contributed by atoms with E-state index in [0.29, 0.717) is 5.56 Å². The molecule has 0 aliphatic heterocycles. The molecule has 0 spiro atoms. The summed E-state index contributed by atoms with van der Waals surface area (Å²) < 4.78 is 14.6. The summed E-state index contributed by atoms with van der Waals surface area (Å²) in [5.41, 5.74) is -0.431. The largest absolute Gasteiger partial charge is 0.465 e. The van der Waals surface area contributed by atoms with Crippen LogP contribution in [-0.2, 0) is 23.9 Å². The van der Waals surface area contributed by atoms with Crippen LogP contribution < -0.4 is 4.74 Å². The Bertz CT molecular complexity index is 793. The molecule has 0 aromatic heterocycles. The second-order valence-corrected chi connectivity index (χ2v) is 4.80. The highest BCUT2D eigenvalue weighted by Crippen LogP contribution is 2.23. The van der Waals surface area contributed by atoms with Crippen molar-refractivity contribution >= 4 is 23.5 Å². The lowest BCUT2D eigenvalue weighted by atomic mass is 9.99. The Labute approximate surface area is 144 Å². The third-order valence-electron chi connectivity index (χ3n) is 3.25. The van der Waals surface area contributed by atoms with Crippen molar-refractivity contribution in [1.29, 1.82) is 0 Å². The van der Waals surface area contributed by atoms with Crippen LogP contribution in [0.4, 0.5) is 0 Å². The van der Waals surface area contributed by atoms with E-state index in [0.717, 1.165) is 14.2 Å². The summed E-state index contributed by atoms with van der Waals surface area (Å²) in [5, 5.41) is 0. The fourth-order valence-electron chi connectivity index (χ4n) is 2.11. The first-order chi connectivity index (χ1) is 12.1. The van der Waals surface area contributed by atoms with E-state index in [4.69, 9.17) is 9.47 Å². The highest BCUT2D eigenvalue weighted by molar-refractivity contribution is 6.32. The molecule has 0 fully saturated rings. The van der Waals surface area contributed by atoms with Crippen molar-refractivity contribution in [3.05, 3.63) is 71.8 Å². The smallest absolute Gasteiger partial charge is 0.351 e. The number of rotatable bonds is 5. The lowest BCUT2D eigenvalue weighted by molar-refractivity contribution is -0.142. The van der Waals surface area contributed by atoms with Crippen LogP contribution in [0.15, 0.2) is 66.2 Å². The first-order valence-corrected chi connectivity index (χ1v) is 7.32. The minimum absolute atomic E-state index is 0.226. The molecule has 25 heavy (non-hydrogen) atoms. The molecule has 0 N–H and O–H groups in total. The van der Waals surface area contributed by atoms with Crippen molar-refractivity contribution in [3.8, 4) is 5.75 Å². The summed E-state index contributed by atoms with van der Waals surface area (Å²) in [4.78, 5) is 37.0. The SMILES string of the molecule is COC(=O)/C(C(=O)Oc1ccccc1)=C(/C(=O)OC)c1ccccc1. The number of esters is 3. The molecule has 6 heteroatoms. The monoisotopic (exact) mass is 340 g/mol. The number of ether oxygens (including phenoxy) is 3. The fraction of sp³-hybridized carbons (Fsp3) is 0.105. The van der Waals surface area contributed by atoms with Gasteiger partial charge in [-0.3, -0.25) is 0 Å². The second-order valence-electron chi connectivity index (χ2n) is 4.80. The van der Waals surface area contributed by atoms with Crippen molar-refractivity contribution in [2.75, 3.05) is 14.2 Å². The van der Waals surface area contributed by atoms with Crippen LogP contribution in [0.5, 0.6) is 5.75 Å². The number of carbonyl (C=O) groups is 3. The average molecular weight is 340 g/mol. The van der Waals surface area contributed by atoms with Crippen LogP contribution >= 0.6 is 0 Å². The number of methoxy groups -OCH3 is 2. The summed E-state index contributed by atoms with van der Waals surface area (Å²) in [5.74, 6) is -2.63. The predicted octanol–water partition coefficient (Wildman–Crippen LogP) is 2.39. The van der Waals surface area contributed by atoms with Gasteiger partial charge in [-0.15, -0.1) is 0 Å². The van der Waals surface area contributed by atoms with Gasteiger partial charge in [0.05, 0.1) is 19.8 Å². The topological polar surface area (TPSA) is 78.9 Å². The highest BCUT2D eigenvalue weighted by Gasteiger charge is 2.31. The number of carbonyl (C=O) groups excluding carboxylic acids is 3. The van der Waals surface area contributed by atoms with Crippen molar-refractivity contribution in [1.82, 2.24) is 0 Å². The molecule has 2 aromatic carbocycles. The Hall–Kier alpha value is -3.41. The lowest BCUT2D eigenvalue weighted by Gasteiger charge is -2.12. The van der Waals surface area contributed by atoms with Gasteiger partial charge in [0.15, 0.2) is 5.57 Å². The molecule has 0 bridgehead atoms. The van der Waals surface area contributed by atoms with Crippen LogP contribution in [0, 0.1) is 0 Å². The summed E-state index contributed by atoms with van der Waals surface area (Å²) in [7, 11) is 2.26. The normalized spacial score (nSPS) is 11.1. The van der Waals surface area contributed by atoms with E-state index in [2.05, 4.69) is 4.74 Å². The fourth-order valence-corrected chi connectivity index (χ4v) is 2.11. The van der Waals surface area contributed by atoms with E-state index in [1.54, 1.807) is 60.7 Å². The third-order valence-corrected chi connectivity index (χ3v) is 3.25. The van der Waals surface area contributed by atoms with Gasteiger partial charge < -0.3 is 14.2 Å². The van der Waals surface area contributed by atoms with Gasteiger partial charge in [0, 0.05) is 0 Å². The number of para-hydroxylation sites is 1. The summed E-state index contributed by atoms with van der Waals surface area (Å²) >= 11 is 0. The predicted molar refractivity (Wildman–Crippen MR) is 89.5 cm³/mol. The molecule has 0 atom stereocenters. The van der Waals surface area contributed by atoms with Gasteiger partial charge in [0.2, 0.25) is 0 Å². The zero-order valence-electron chi connectivity index (χ0n) is 13.7. The molecule has 0 amide bonds. The van der Waals surface area contributed by atoms with Gasteiger partial charge in [-0.1, -0.05) is 48.5 Å². The van der Waals surface area contributed by atoms with Crippen molar-refractivity contribution in [2.45, 2.75) is 0 Å². The third kappa shape index (κ3) is 4.32. The van der Waals surface area contributed by atoms with Crippen LogP contribution in [0.2, 0.25) is 0 Å². The summed E-state index contributed by atoms with van der Waals surface area (Å²) in [6.07, 6.45) is 0. The Morgan fingerprint density at radius 3 is 1.72 bits per heavy atom. The molecule has 128 valence electrons. The maximum atomic E-state index is 12.6. The van der Waals surface area contributed by atoms with Crippen LogP contribution in [0.25, 0.3) is 5.57 Å². The van der Waals surface area contributed by atoms with Gasteiger partial charge in [0.25, 0.3) is 0 Å². The van der Waals surface area contributed by atoms with Gasteiger partial charge in [-0.25, -0.2) is 14.4 Å². The molecule has 0 aliphatic rings. The summed E-state index contributed by atoms with van der Waals surface area (Å²) in [6, 6.07) is 16.4. The first kappa shape index (κ1) is 17.9. The maximum Gasteiger partial charge on any atom is 0.351 e. The summed E-state index contributed by atoms with van der Waals surface area (Å²) in [6.45, 7) is 0. The van der Waals surface area contributed by atoms with E-state index < -0.39 is 23.5 Å². The molecule has 0 aliphatic carbocycles. The zero-order valence-corrected chi connectivity index (χ0v) is 13.7. The van der Waals surface area contributed by atoms with E-state index in [-0.39, 0.29) is 11.3 Å². The standard InChI is InChI=1S/C19H16O6/c1-23-17(20)15(13-9-5-3-6-10-13)16(18(21)24-2)19(22)25-14-11-7-4-8-12-14/h3-12H,1-2H3/b16-15-. The van der Waals surface area contributed by atoms with E-state index in [1.165, 1.54) is 0 Å². The molecule has 0 heterocycles. The molecule has 2 rings (SSSR count). The maximum absolute atomic E-state index is 12.6. The highest BCUT2D eigenvalue weighted by atomic mass is 16.6. The van der Waals surface area contributed by atoms with Crippen LogP contribution in [0.1, 0.15) is 5.56 Å². The van der Waals surface area contributed by atoms with Crippen molar-refractivity contribution in [2.24, 2.45) is 0 Å². The molecule has 6 nitrogen and oxygen atoms in total. The van der Waals surface area contributed by atoms with Gasteiger partial charge in [0.1, 0.15) is 5.75 Å². The number of hydrogen-bond acceptors (Lipinski definition) is 6. The minimum Gasteiger partial charge on any atom is -0.465 e. The molecule has 0 saturated carbocycles. The number of hydrogen-bond donors (Lipinski definition) is 0. The van der Waals surface area contributed by atoms with Gasteiger partial charge in [-0.05, 0) is 17.7 Å². The zero-order chi connectivity index (χ0) is 18.2. The lowest BCUT2D eigenvalue weighted by Crippen LogP contribution is -2.24. The van der Waals surface area contributed by atoms with Gasteiger partial charge in [-0.2, -0.15) is 0 Å². The molecular formula is C19H16O6. The van der Waals surface area contributed by atoms with E-state index in [9.17, 15) is 14.4 Å². The first-order valence-electron chi connectivity index (χ1n) is 7.32.